The van der Waals surface area contributed by atoms with E-state index in [-0.39, 0.29) is 0 Å². The highest BCUT2D eigenvalue weighted by Crippen LogP contribution is 2.25. The lowest BCUT2D eigenvalue weighted by Crippen LogP contribution is -1.97. The molecule has 0 heterocycles. The van der Waals surface area contributed by atoms with Gasteiger partial charge in [-0.25, -0.2) is 4.79 Å². The molecule has 0 bridgehead atoms. The van der Waals surface area contributed by atoms with Gasteiger partial charge in [0.25, 0.3) is 0 Å². The minimum Gasteiger partial charge on any atom is -0.478 e. The number of carboxylic acid groups (broad SMARTS) is 1. The largest absolute Gasteiger partial charge is 0.478 e. The Hall–Kier alpha value is -0.960. The predicted octanol–water partition coefficient (Wildman–Crippen LogP) is 4.37. The topological polar surface area (TPSA) is 37.3 Å². The Balaban J connectivity index is 2.51. The number of carboxylic acids is 1. The predicted molar refractivity (Wildman–Crippen MR) is 73.0 cm³/mol. The van der Waals surface area contributed by atoms with E-state index < -0.39 is 5.97 Å². The molecule has 0 atom stereocenters. The maximum absolute atomic E-state index is 10.9. The van der Waals surface area contributed by atoms with Crippen LogP contribution in [0.1, 0.15) is 48.5 Å². The van der Waals surface area contributed by atoms with Gasteiger partial charge in [-0.3, -0.25) is 0 Å². The Labute approximate surface area is 107 Å². The number of carbonyl (C=O) groups is 1. The normalized spacial score (nSPS) is 10.5. The molecule has 0 fully saturated rings. The lowest BCUT2D eigenvalue weighted by Gasteiger charge is -2.06. The maximum Gasteiger partial charge on any atom is 0.335 e. The fourth-order valence-electron chi connectivity index (χ4n) is 1.60. The van der Waals surface area contributed by atoms with Gasteiger partial charge in [0.15, 0.2) is 0 Å². The van der Waals surface area contributed by atoms with Crippen LogP contribution in [0.25, 0.3) is 0 Å². The van der Waals surface area contributed by atoms with Crippen LogP contribution in [0.3, 0.4) is 0 Å². The molecule has 0 radical (unpaired) electrons. The molecule has 0 spiro atoms. The average molecular weight is 252 g/mol. The third-order valence-corrected chi connectivity index (χ3v) is 3.93. The van der Waals surface area contributed by atoms with Gasteiger partial charge in [-0.15, -0.1) is 11.8 Å². The van der Waals surface area contributed by atoms with Gasteiger partial charge in [-0.1, -0.05) is 32.3 Å². The number of rotatable bonds is 7. The lowest BCUT2D eigenvalue weighted by atomic mass is 10.1. The van der Waals surface area contributed by atoms with Gasteiger partial charge in [0.2, 0.25) is 0 Å². The zero-order chi connectivity index (χ0) is 12.7. The van der Waals surface area contributed by atoms with E-state index in [4.69, 9.17) is 5.11 Å². The van der Waals surface area contributed by atoms with Crippen molar-refractivity contribution < 1.29 is 9.90 Å². The van der Waals surface area contributed by atoms with E-state index in [0.29, 0.717) is 5.56 Å². The van der Waals surface area contributed by atoms with E-state index in [0.717, 1.165) is 16.2 Å². The molecule has 1 rings (SSSR count). The minimum atomic E-state index is -0.849. The summed E-state index contributed by atoms with van der Waals surface area (Å²) in [6.45, 7) is 4.23. The molecule has 0 aliphatic rings. The molecule has 94 valence electrons. The van der Waals surface area contributed by atoms with E-state index in [2.05, 4.69) is 6.92 Å². The number of aromatic carboxylic acids is 1. The molecule has 0 aromatic heterocycles. The molecular weight excluding hydrogens is 232 g/mol. The molecule has 0 saturated carbocycles. The molecule has 1 aromatic rings. The Morgan fingerprint density at radius 2 is 2.06 bits per heavy atom. The first kappa shape index (κ1) is 14.1. The highest BCUT2D eigenvalue weighted by Gasteiger charge is 2.06. The van der Waals surface area contributed by atoms with Crippen LogP contribution in [0.5, 0.6) is 0 Å². The number of benzene rings is 1. The smallest absolute Gasteiger partial charge is 0.335 e. The van der Waals surface area contributed by atoms with Gasteiger partial charge in [-0.2, -0.15) is 0 Å². The van der Waals surface area contributed by atoms with Crippen molar-refractivity contribution in [1.82, 2.24) is 0 Å². The molecule has 0 aliphatic heterocycles. The fourth-order valence-corrected chi connectivity index (χ4v) is 2.67. The molecular formula is C14H20O2S. The monoisotopic (exact) mass is 252 g/mol. The fraction of sp³-hybridized carbons (Fsp3) is 0.500. The van der Waals surface area contributed by atoms with Crippen molar-refractivity contribution in [3.8, 4) is 0 Å². The second-order valence-corrected chi connectivity index (χ2v) is 5.33. The van der Waals surface area contributed by atoms with Crippen molar-refractivity contribution >= 4 is 17.7 Å². The summed E-state index contributed by atoms with van der Waals surface area (Å²) in [4.78, 5) is 12.0. The van der Waals surface area contributed by atoms with Gasteiger partial charge in [0.05, 0.1) is 5.56 Å². The minimum absolute atomic E-state index is 0.381. The van der Waals surface area contributed by atoms with Crippen LogP contribution in [0, 0.1) is 6.92 Å². The summed E-state index contributed by atoms with van der Waals surface area (Å²) in [5.41, 5.74) is 1.54. The van der Waals surface area contributed by atoms with Gasteiger partial charge < -0.3 is 5.11 Å². The number of hydrogen-bond donors (Lipinski definition) is 1. The molecule has 0 saturated heterocycles. The van der Waals surface area contributed by atoms with E-state index >= 15 is 0 Å². The summed E-state index contributed by atoms with van der Waals surface area (Å²) in [7, 11) is 0. The summed E-state index contributed by atoms with van der Waals surface area (Å²) < 4.78 is 0. The summed E-state index contributed by atoms with van der Waals surface area (Å²) in [5.74, 6) is 0.224. The average Bonchev–Trinajstić information content (AvgIpc) is 2.30. The Bertz CT molecular complexity index is 374. The highest BCUT2D eigenvalue weighted by molar-refractivity contribution is 7.99. The molecule has 0 amide bonds. The van der Waals surface area contributed by atoms with Crippen LogP contribution in [0.15, 0.2) is 23.1 Å². The molecule has 1 N–H and O–H groups in total. The maximum atomic E-state index is 10.9. The first-order valence-electron chi connectivity index (χ1n) is 6.12. The molecule has 3 heteroatoms. The lowest BCUT2D eigenvalue weighted by molar-refractivity contribution is 0.0696. The zero-order valence-electron chi connectivity index (χ0n) is 10.5. The standard InChI is InChI=1S/C14H20O2S/c1-3-4-5-6-9-17-13-10-12(14(15)16)8-7-11(13)2/h7-8,10H,3-6,9H2,1-2H3,(H,15,16). The van der Waals surface area contributed by atoms with Crippen molar-refractivity contribution in [2.24, 2.45) is 0 Å². The van der Waals surface area contributed by atoms with E-state index in [1.54, 1.807) is 23.9 Å². The summed E-state index contributed by atoms with van der Waals surface area (Å²) in [5, 5.41) is 8.93. The van der Waals surface area contributed by atoms with Crippen molar-refractivity contribution in [2.45, 2.75) is 44.4 Å². The Morgan fingerprint density at radius 1 is 1.29 bits per heavy atom. The zero-order valence-corrected chi connectivity index (χ0v) is 11.3. The second kappa shape index (κ2) is 7.38. The van der Waals surface area contributed by atoms with Crippen molar-refractivity contribution in [3.63, 3.8) is 0 Å². The van der Waals surface area contributed by atoms with Gasteiger partial charge in [0.1, 0.15) is 0 Å². The number of thioether (sulfide) groups is 1. The van der Waals surface area contributed by atoms with E-state index in [9.17, 15) is 4.79 Å². The number of unbranched alkanes of at least 4 members (excludes halogenated alkanes) is 3. The first-order valence-corrected chi connectivity index (χ1v) is 7.10. The molecule has 0 aliphatic carbocycles. The SMILES string of the molecule is CCCCCCSc1cc(C(=O)O)ccc1C. The third-order valence-electron chi connectivity index (χ3n) is 2.69. The Kier molecular flexibility index (Phi) is 6.12. The van der Waals surface area contributed by atoms with Crippen LogP contribution in [-0.2, 0) is 0 Å². The van der Waals surface area contributed by atoms with Crippen molar-refractivity contribution in [3.05, 3.63) is 29.3 Å². The van der Waals surface area contributed by atoms with Crippen LogP contribution < -0.4 is 0 Å². The van der Waals surface area contributed by atoms with Crippen molar-refractivity contribution in [2.75, 3.05) is 5.75 Å². The molecule has 17 heavy (non-hydrogen) atoms. The molecule has 2 nitrogen and oxygen atoms in total. The van der Waals surface area contributed by atoms with Crippen LogP contribution >= 0.6 is 11.8 Å². The van der Waals surface area contributed by atoms with Crippen LogP contribution in [-0.4, -0.2) is 16.8 Å². The van der Waals surface area contributed by atoms with Gasteiger partial charge in [0, 0.05) is 4.90 Å². The van der Waals surface area contributed by atoms with Crippen LogP contribution in [0.4, 0.5) is 0 Å². The number of aryl methyl sites for hydroxylation is 1. The highest BCUT2D eigenvalue weighted by atomic mass is 32.2. The van der Waals surface area contributed by atoms with Crippen LogP contribution in [0.2, 0.25) is 0 Å². The first-order chi connectivity index (χ1) is 8.15. The van der Waals surface area contributed by atoms with E-state index in [1.807, 2.05) is 13.0 Å². The molecule has 0 unspecified atom stereocenters. The third kappa shape index (κ3) is 4.82. The second-order valence-electron chi connectivity index (χ2n) is 4.19. The van der Waals surface area contributed by atoms with Gasteiger partial charge in [-0.05, 0) is 36.8 Å². The number of hydrogen-bond acceptors (Lipinski definition) is 2. The quantitative estimate of drug-likeness (QED) is 0.578. The summed E-state index contributed by atoms with van der Waals surface area (Å²) in [6, 6.07) is 5.33. The van der Waals surface area contributed by atoms with Crippen molar-refractivity contribution in [1.29, 1.82) is 0 Å². The summed E-state index contributed by atoms with van der Waals surface area (Å²) >= 11 is 1.77. The summed E-state index contributed by atoms with van der Waals surface area (Å²) in [6.07, 6.45) is 5.00. The molecule has 1 aromatic carbocycles. The van der Waals surface area contributed by atoms with Gasteiger partial charge >= 0.3 is 5.97 Å². The van der Waals surface area contributed by atoms with E-state index in [1.165, 1.54) is 25.7 Å². The Morgan fingerprint density at radius 3 is 2.71 bits per heavy atom.